The number of nitrogens with zero attached hydrogens (tertiary/aromatic N) is 3. The second-order valence-corrected chi connectivity index (χ2v) is 10.7. The van der Waals surface area contributed by atoms with Crippen molar-refractivity contribution in [2.75, 3.05) is 33.3 Å². The Kier molecular flexibility index (Phi) is 5.76. The Morgan fingerprint density at radius 2 is 1.78 bits per heavy atom. The van der Waals surface area contributed by atoms with Gasteiger partial charge in [-0.05, 0) is 61.1 Å². The Hall–Kier alpha value is -3.65. The standard InChI is InChI=1S/C28H27N3O4S/c1-34-21-7-4-5-19-17-22(35-25(19)21)26(32)30-14-10-28(11-15-30)12-16-31(18-28)27(33)24-9-8-23(36-24)20-6-2-3-13-29-20/h2-9,13,17H,10-12,14-16,18H2,1H3. The first-order chi connectivity index (χ1) is 17.5. The molecule has 0 radical (unpaired) electrons. The van der Waals surface area contributed by atoms with E-state index in [2.05, 4.69) is 4.98 Å². The lowest BCUT2D eigenvalue weighted by molar-refractivity contribution is 0.0542. The number of hydrogen-bond donors (Lipinski definition) is 0. The van der Waals surface area contributed by atoms with Gasteiger partial charge in [0.05, 0.1) is 22.6 Å². The number of piperidine rings is 1. The lowest BCUT2D eigenvalue weighted by Crippen LogP contribution is -2.44. The fourth-order valence-electron chi connectivity index (χ4n) is 5.41. The minimum Gasteiger partial charge on any atom is -0.493 e. The third-order valence-electron chi connectivity index (χ3n) is 7.51. The molecule has 0 unspecified atom stereocenters. The molecule has 0 atom stereocenters. The number of methoxy groups -OCH3 is 1. The summed E-state index contributed by atoms with van der Waals surface area (Å²) in [5.74, 6) is 0.969. The van der Waals surface area contributed by atoms with Crippen LogP contribution in [0.5, 0.6) is 5.75 Å². The predicted octanol–water partition coefficient (Wildman–Crippen LogP) is 5.33. The topological polar surface area (TPSA) is 75.9 Å². The molecule has 3 aromatic heterocycles. The number of benzene rings is 1. The van der Waals surface area contributed by atoms with Crippen molar-refractivity contribution in [2.24, 2.45) is 5.41 Å². The number of hydrogen-bond acceptors (Lipinski definition) is 6. The molecule has 2 aliphatic heterocycles. The Labute approximate surface area is 213 Å². The van der Waals surface area contributed by atoms with E-state index in [0.29, 0.717) is 30.2 Å². The highest BCUT2D eigenvalue weighted by atomic mass is 32.1. The fourth-order valence-corrected chi connectivity index (χ4v) is 6.36. The zero-order valence-corrected chi connectivity index (χ0v) is 20.9. The van der Waals surface area contributed by atoms with Crippen LogP contribution in [0.2, 0.25) is 0 Å². The van der Waals surface area contributed by atoms with Gasteiger partial charge in [-0.3, -0.25) is 14.6 Å². The van der Waals surface area contributed by atoms with Crippen LogP contribution in [0.1, 0.15) is 39.5 Å². The first-order valence-corrected chi connectivity index (χ1v) is 13.0. The summed E-state index contributed by atoms with van der Waals surface area (Å²) >= 11 is 1.50. The van der Waals surface area contributed by atoms with Crippen molar-refractivity contribution in [2.45, 2.75) is 19.3 Å². The molecular formula is C28H27N3O4S. The molecule has 2 aliphatic rings. The van der Waals surface area contributed by atoms with Gasteiger partial charge in [0.15, 0.2) is 17.1 Å². The summed E-state index contributed by atoms with van der Waals surface area (Å²) in [6, 6.07) is 17.1. The molecule has 0 saturated carbocycles. The quantitative estimate of drug-likeness (QED) is 0.378. The summed E-state index contributed by atoms with van der Waals surface area (Å²) in [4.78, 5) is 36.4. The second kappa shape index (κ2) is 9.09. The zero-order chi connectivity index (χ0) is 24.7. The highest BCUT2D eigenvalue weighted by molar-refractivity contribution is 7.17. The number of pyridine rings is 1. The van der Waals surface area contributed by atoms with Crippen LogP contribution >= 0.6 is 11.3 Å². The number of thiophene rings is 1. The number of para-hydroxylation sites is 1. The normalized spacial score (nSPS) is 17.1. The summed E-state index contributed by atoms with van der Waals surface area (Å²) in [6.45, 7) is 2.83. The summed E-state index contributed by atoms with van der Waals surface area (Å²) in [7, 11) is 1.59. The maximum Gasteiger partial charge on any atom is 0.289 e. The molecule has 1 spiro atoms. The molecule has 0 N–H and O–H groups in total. The number of amides is 2. The molecule has 7 nitrogen and oxygen atoms in total. The van der Waals surface area contributed by atoms with E-state index in [0.717, 1.165) is 53.2 Å². The zero-order valence-electron chi connectivity index (χ0n) is 20.1. The maximum absolute atomic E-state index is 13.2. The van der Waals surface area contributed by atoms with E-state index >= 15 is 0 Å². The molecule has 0 bridgehead atoms. The van der Waals surface area contributed by atoms with Crippen molar-refractivity contribution >= 4 is 34.1 Å². The van der Waals surface area contributed by atoms with Crippen molar-refractivity contribution in [1.29, 1.82) is 0 Å². The Bertz CT molecular complexity index is 1420. The number of carbonyl (C=O) groups excluding carboxylic acids is 2. The van der Waals surface area contributed by atoms with Crippen LogP contribution in [0.15, 0.2) is 65.2 Å². The van der Waals surface area contributed by atoms with E-state index < -0.39 is 0 Å². The van der Waals surface area contributed by atoms with Gasteiger partial charge >= 0.3 is 0 Å². The maximum atomic E-state index is 13.2. The minimum absolute atomic E-state index is 0.0740. The van der Waals surface area contributed by atoms with Crippen LogP contribution in [0, 0.1) is 5.41 Å². The molecule has 0 aliphatic carbocycles. The summed E-state index contributed by atoms with van der Waals surface area (Å²) in [6.07, 6.45) is 4.51. The van der Waals surface area contributed by atoms with Gasteiger partial charge in [0.2, 0.25) is 0 Å². The van der Waals surface area contributed by atoms with E-state index in [4.69, 9.17) is 9.15 Å². The molecule has 6 rings (SSSR count). The highest BCUT2D eigenvalue weighted by Gasteiger charge is 2.43. The SMILES string of the molecule is COc1cccc2cc(C(=O)N3CCC4(CC3)CCN(C(=O)c3ccc(-c5ccccn5)s3)C4)oc12. The monoisotopic (exact) mass is 501 g/mol. The second-order valence-electron chi connectivity index (χ2n) is 9.64. The first-order valence-electron chi connectivity index (χ1n) is 12.2. The predicted molar refractivity (Wildman–Crippen MR) is 138 cm³/mol. The number of fused-ring (bicyclic) bond motifs is 1. The lowest BCUT2D eigenvalue weighted by atomic mass is 9.77. The molecule has 1 aromatic carbocycles. The van der Waals surface area contributed by atoms with E-state index in [-0.39, 0.29) is 17.2 Å². The van der Waals surface area contributed by atoms with Gasteiger partial charge in [0.1, 0.15) is 0 Å². The number of furan rings is 1. The van der Waals surface area contributed by atoms with Crippen LogP contribution in [0.25, 0.3) is 21.5 Å². The van der Waals surface area contributed by atoms with Gasteiger partial charge in [0.25, 0.3) is 11.8 Å². The number of ether oxygens (including phenoxy) is 1. The van der Waals surface area contributed by atoms with Crippen LogP contribution in [0.3, 0.4) is 0 Å². The number of likely N-dealkylation sites (tertiary alicyclic amines) is 2. The molecule has 2 saturated heterocycles. The molecular weight excluding hydrogens is 474 g/mol. The van der Waals surface area contributed by atoms with Crippen LogP contribution in [0.4, 0.5) is 0 Å². The lowest BCUT2D eigenvalue weighted by Gasteiger charge is -2.38. The van der Waals surface area contributed by atoms with Crippen LogP contribution in [-0.4, -0.2) is 59.9 Å². The average Bonchev–Trinajstić information content (AvgIpc) is 3.67. The van der Waals surface area contributed by atoms with Gasteiger partial charge < -0.3 is 19.0 Å². The Morgan fingerprint density at radius 3 is 2.53 bits per heavy atom. The van der Waals surface area contributed by atoms with Crippen molar-refractivity contribution in [1.82, 2.24) is 14.8 Å². The third kappa shape index (κ3) is 4.05. The van der Waals surface area contributed by atoms with Crippen molar-refractivity contribution in [3.63, 3.8) is 0 Å². The van der Waals surface area contributed by atoms with Gasteiger partial charge in [-0.2, -0.15) is 0 Å². The number of rotatable bonds is 4. The largest absolute Gasteiger partial charge is 0.493 e. The molecule has 36 heavy (non-hydrogen) atoms. The van der Waals surface area contributed by atoms with Crippen molar-refractivity contribution < 1.29 is 18.7 Å². The molecule has 8 heteroatoms. The molecule has 2 amide bonds. The first kappa shape index (κ1) is 22.8. The van der Waals surface area contributed by atoms with E-state index in [1.54, 1.807) is 19.4 Å². The Balaban J connectivity index is 1.10. The van der Waals surface area contributed by atoms with Gasteiger partial charge in [-0.25, -0.2) is 0 Å². The van der Waals surface area contributed by atoms with Crippen molar-refractivity contribution in [3.8, 4) is 16.3 Å². The van der Waals surface area contributed by atoms with Gasteiger partial charge in [-0.1, -0.05) is 18.2 Å². The minimum atomic E-state index is -0.0883. The van der Waals surface area contributed by atoms with Crippen molar-refractivity contribution in [3.05, 3.63) is 71.4 Å². The van der Waals surface area contributed by atoms with E-state index in [9.17, 15) is 9.59 Å². The van der Waals surface area contributed by atoms with Gasteiger partial charge in [0, 0.05) is 37.8 Å². The van der Waals surface area contributed by atoms with E-state index in [1.807, 2.05) is 58.3 Å². The summed E-state index contributed by atoms with van der Waals surface area (Å²) in [5, 5.41) is 0.857. The van der Waals surface area contributed by atoms with Crippen LogP contribution < -0.4 is 4.74 Å². The molecule has 4 aromatic rings. The smallest absolute Gasteiger partial charge is 0.289 e. The van der Waals surface area contributed by atoms with Crippen LogP contribution in [-0.2, 0) is 0 Å². The molecule has 2 fully saturated rings. The average molecular weight is 502 g/mol. The number of aromatic nitrogens is 1. The molecule has 5 heterocycles. The summed E-state index contributed by atoms with van der Waals surface area (Å²) < 4.78 is 11.2. The Morgan fingerprint density at radius 1 is 0.972 bits per heavy atom. The van der Waals surface area contributed by atoms with Gasteiger partial charge in [-0.15, -0.1) is 11.3 Å². The highest BCUT2D eigenvalue weighted by Crippen LogP contribution is 2.42. The third-order valence-corrected chi connectivity index (χ3v) is 8.61. The summed E-state index contributed by atoms with van der Waals surface area (Å²) in [5.41, 5.74) is 1.56. The van der Waals surface area contributed by atoms with E-state index in [1.165, 1.54) is 11.3 Å². The molecule has 184 valence electrons. The number of carbonyl (C=O) groups is 2. The fraction of sp³-hybridized carbons (Fsp3) is 0.321.